The normalized spacial score (nSPS) is 24.7. The molecular formula is C29H30N4O3S. The van der Waals surface area contributed by atoms with Crippen molar-refractivity contribution in [2.45, 2.75) is 67.5 Å². The van der Waals surface area contributed by atoms with Crippen molar-refractivity contribution in [1.82, 2.24) is 19.9 Å². The largest absolute Gasteiger partial charge is 0.487 e. The van der Waals surface area contributed by atoms with Crippen molar-refractivity contribution in [3.63, 3.8) is 0 Å². The molecular weight excluding hydrogens is 484 g/mol. The summed E-state index contributed by atoms with van der Waals surface area (Å²) in [4.78, 5) is 5.02. The summed E-state index contributed by atoms with van der Waals surface area (Å²) in [5.41, 5.74) is 4.38. The van der Waals surface area contributed by atoms with Gasteiger partial charge in [-0.1, -0.05) is 24.3 Å². The van der Waals surface area contributed by atoms with E-state index >= 15 is 0 Å². The molecule has 4 heterocycles. The number of benzene rings is 2. The fourth-order valence-electron chi connectivity index (χ4n) is 6.32. The lowest BCUT2D eigenvalue weighted by molar-refractivity contribution is 0.125. The van der Waals surface area contributed by atoms with E-state index in [-0.39, 0.29) is 5.60 Å². The lowest BCUT2D eigenvalue weighted by Crippen LogP contribution is -2.39. The molecule has 3 unspecified atom stereocenters. The maximum Gasteiger partial charge on any atom is 0.186 e. The highest BCUT2D eigenvalue weighted by Gasteiger charge is 2.48. The minimum absolute atomic E-state index is 0.0365. The first-order valence-electron chi connectivity index (χ1n) is 13.1. The maximum absolute atomic E-state index is 11.5. The first-order chi connectivity index (χ1) is 18.0. The minimum Gasteiger partial charge on any atom is -0.487 e. The van der Waals surface area contributed by atoms with Gasteiger partial charge in [-0.2, -0.15) is 5.10 Å². The Morgan fingerprint density at radius 3 is 2.54 bits per heavy atom. The van der Waals surface area contributed by atoms with E-state index in [1.54, 1.807) is 28.9 Å². The molecule has 2 aliphatic heterocycles. The zero-order valence-electron chi connectivity index (χ0n) is 20.5. The standard InChI is InChI=1S/C29H30N4O3S/c34-37(35)26-3-1-2-21(14-26)27-17-31-33-18-22(16-30-28(27)33)20-4-8-25(9-5-20)36-29(10-11-29)15-19-12-23-6-7-24(13-19)32-23/h1-5,8-9,14,16-19,23-24,32H,6-7,10-13,15H2,(H,34,35). The van der Waals surface area contributed by atoms with Gasteiger partial charge in [0.2, 0.25) is 0 Å². The summed E-state index contributed by atoms with van der Waals surface area (Å²) >= 11 is -2.03. The molecule has 190 valence electrons. The van der Waals surface area contributed by atoms with Gasteiger partial charge in [-0.15, -0.1) is 0 Å². The Kier molecular flexibility index (Phi) is 5.64. The van der Waals surface area contributed by atoms with E-state index in [2.05, 4.69) is 39.7 Å². The molecule has 2 saturated heterocycles. The number of fused-ring (bicyclic) bond motifs is 3. The summed E-state index contributed by atoms with van der Waals surface area (Å²) in [6.07, 6.45) is 14.3. The first-order valence-corrected chi connectivity index (χ1v) is 14.2. The van der Waals surface area contributed by atoms with Gasteiger partial charge in [-0.3, -0.25) is 0 Å². The van der Waals surface area contributed by atoms with E-state index in [9.17, 15) is 8.76 Å². The Hall–Kier alpha value is -3.07. The van der Waals surface area contributed by atoms with E-state index in [0.29, 0.717) is 10.5 Å². The third kappa shape index (κ3) is 4.58. The Bertz CT molecular complexity index is 1470. The highest BCUT2D eigenvalue weighted by atomic mass is 32.2. The van der Waals surface area contributed by atoms with Crippen molar-refractivity contribution in [3.8, 4) is 28.0 Å². The smallest absolute Gasteiger partial charge is 0.186 e. The summed E-state index contributed by atoms with van der Waals surface area (Å²) in [6, 6.07) is 16.8. The van der Waals surface area contributed by atoms with Gasteiger partial charge in [-0.05, 0) is 86.3 Å². The van der Waals surface area contributed by atoms with Crippen LogP contribution in [-0.2, 0) is 11.1 Å². The second-order valence-electron chi connectivity index (χ2n) is 10.9. The van der Waals surface area contributed by atoms with E-state index < -0.39 is 11.1 Å². The van der Waals surface area contributed by atoms with Crippen LogP contribution in [0.1, 0.15) is 44.9 Å². The van der Waals surface area contributed by atoms with Crippen LogP contribution in [0.25, 0.3) is 27.9 Å². The van der Waals surface area contributed by atoms with Crippen LogP contribution in [0, 0.1) is 5.92 Å². The van der Waals surface area contributed by atoms with Crippen LogP contribution >= 0.6 is 0 Å². The van der Waals surface area contributed by atoms with E-state index in [1.165, 1.54) is 32.1 Å². The van der Waals surface area contributed by atoms with Crippen molar-refractivity contribution in [3.05, 3.63) is 67.1 Å². The number of nitrogens with zero attached hydrogens (tertiary/aromatic N) is 3. The molecule has 0 radical (unpaired) electrons. The number of ether oxygens (including phenoxy) is 1. The molecule has 0 amide bonds. The molecule has 2 aromatic carbocycles. The molecule has 1 saturated carbocycles. The van der Waals surface area contributed by atoms with Crippen LogP contribution < -0.4 is 10.1 Å². The summed E-state index contributed by atoms with van der Waals surface area (Å²) < 4.78 is 29.2. The van der Waals surface area contributed by atoms with Crippen LogP contribution in [0.5, 0.6) is 5.75 Å². The molecule has 2 bridgehead atoms. The minimum atomic E-state index is -2.03. The fourth-order valence-corrected chi connectivity index (χ4v) is 6.74. The van der Waals surface area contributed by atoms with Gasteiger partial charge >= 0.3 is 0 Å². The van der Waals surface area contributed by atoms with E-state index in [4.69, 9.17) is 4.74 Å². The average molecular weight is 515 g/mol. The first kappa shape index (κ1) is 23.1. The summed E-state index contributed by atoms with van der Waals surface area (Å²) in [5, 5.41) is 8.24. The second kappa shape index (κ2) is 9.04. The second-order valence-corrected chi connectivity index (χ2v) is 11.9. The van der Waals surface area contributed by atoms with Gasteiger partial charge in [0, 0.05) is 35.6 Å². The molecule has 0 spiro atoms. The molecule has 3 fully saturated rings. The molecule has 2 aromatic heterocycles. The number of hydrogen-bond donors (Lipinski definition) is 2. The fraction of sp³-hybridized carbons (Fsp3) is 0.379. The Morgan fingerprint density at radius 1 is 1.03 bits per heavy atom. The van der Waals surface area contributed by atoms with Gasteiger partial charge in [0.25, 0.3) is 0 Å². The predicted molar refractivity (Wildman–Crippen MR) is 143 cm³/mol. The van der Waals surface area contributed by atoms with Gasteiger partial charge in [0.1, 0.15) is 11.4 Å². The van der Waals surface area contributed by atoms with Crippen LogP contribution in [0.4, 0.5) is 0 Å². The molecule has 3 atom stereocenters. The predicted octanol–water partition coefficient (Wildman–Crippen LogP) is 5.48. The summed E-state index contributed by atoms with van der Waals surface area (Å²) in [6.45, 7) is 0. The highest BCUT2D eigenvalue weighted by molar-refractivity contribution is 7.79. The van der Waals surface area contributed by atoms with Crippen LogP contribution in [-0.4, -0.2) is 41.0 Å². The van der Waals surface area contributed by atoms with Gasteiger partial charge < -0.3 is 14.6 Å². The van der Waals surface area contributed by atoms with Gasteiger partial charge in [-0.25, -0.2) is 13.7 Å². The maximum atomic E-state index is 11.5. The number of hydrogen-bond acceptors (Lipinski definition) is 5. The molecule has 2 N–H and O–H groups in total. The van der Waals surface area contributed by atoms with Gasteiger partial charge in [0.05, 0.1) is 11.1 Å². The van der Waals surface area contributed by atoms with Crippen molar-refractivity contribution in [2.24, 2.45) is 5.92 Å². The van der Waals surface area contributed by atoms with Crippen molar-refractivity contribution < 1.29 is 13.5 Å². The molecule has 7 nitrogen and oxygen atoms in total. The molecule has 3 aliphatic rings. The highest BCUT2D eigenvalue weighted by Crippen LogP contribution is 2.48. The molecule has 4 aromatic rings. The summed E-state index contributed by atoms with van der Waals surface area (Å²) in [5.74, 6) is 1.72. The Labute approximate surface area is 218 Å². The monoisotopic (exact) mass is 514 g/mol. The number of aromatic nitrogens is 3. The number of nitrogens with one attached hydrogen (secondary N) is 1. The van der Waals surface area contributed by atoms with E-state index in [1.807, 2.05) is 18.5 Å². The van der Waals surface area contributed by atoms with Gasteiger partial charge in [0.15, 0.2) is 16.7 Å². The molecule has 1 aliphatic carbocycles. The van der Waals surface area contributed by atoms with Crippen molar-refractivity contribution >= 4 is 16.7 Å². The van der Waals surface area contributed by atoms with Crippen molar-refractivity contribution in [2.75, 3.05) is 0 Å². The lowest BCUT2D eigenvalue weighted by Gasteiger charge is -2.32. The molecule has 8 heteroatoms. The zero-order valence-corrected chi connectivity index (χ0v) is 21.4. The third-order valence-corrected chi connectivity index (χ3v) is 8.92. The SMILES string of the molecule is O=S(O)c1cccc(-c2cnn3cc(-c4ccc(OC5(CC6CC7CCC(C6)N7)CC5)cc4)cnc23)c1. The quantitative estimate of drug-likeness (QED) is 0.318. The van der Waals surface area contributed by atoms with Crippen LogP contribution in [0.3, 0.4) is 0 Å². The Morgan fingerprint density at radius 2 is 1.81 bits per heavy atom. The third-order valence-electron chi connectivity index (χ3n) is 8.26. The lowest BCUT2D eigenvalue weighted by atomic mass is 9.87. The van der Waals surface area contributed by atoms with Crippen molar-refractivity contribution in [1.29, 1.82) is 0 Å². The molecule has 7 rings (SSSR count). The Balaban J connectivity index is 1.06. The topological polar surface area (TPSA) is 88.8 Å². The molecule has 37 heavy (non-hydrogen) atoms. The summed E-state index contributed by atoms with van der Waals surface area (Å²) in [7, 11) is 0. The van der Waals surface area contributed by atoms with Crippen LogP contribution in [0.15, 0.2) is 72.0 Å². The number of rotatable bonds is 7. The van der Waals surface area contributed by atoms with E-state index in [0.717, 1.165) is 58.8 Å². The zero-order chi connectivity index (χ0) is 25.0. The average Bonchev–Trinajstić information content (AvgIpc) is 3.37. The van der Waals surface area contributed by atoms with Crippen LogP contribution in [0.2, 0.25) is 0 Å². The number of piperidine rings is 1.